The molecule has 0 aromatic heterocycles. The summed E-state index contributed by atoms with van der Waals surface area (Å²) in [4.78, 5) is 0.114. The van der Waals surface area contributed by atoms with E-state index in [1.807, 2.05) is 20.8 Å². The van der Waals surface area contributed by atoms with E-state index in [1.54, 1.807) is 13.8 Å². The average molecular weight is 327 g/mol. The van der Waals surface area contributed by atoms with Gasteiger partial charge in [0.05, 0.1) is 4.90 Å². The van der Waals surface area contributed by atoms with E-state index in [4.69, 9.17) is 15.7 Å². The molecule has 0 spiro atoms. The Bertz CT molecular complexity index is 767. The maximum absolute atomic E-state index is 12.5. The fourth-order valence-electron chi connectivity index (χ4n) is 2.83. The van der Waals surface area contributed by atoms with Crippen molar-refractivity contribution in [1.82, 2.24) is 5.48 Å². The number of nitrogens with one attached hydrogen (secondary N) is 1. The van der Waals surface area contributed by atoms with Crippen LogP contribution in [0.15, 0.2) is 9.29 Å². The maximum Gasteiger partial charge on any atom is 0.286 e. The monoisotopic (exact) mass is 327 g/mol. The van der Waals surface area contributed by atoms with E-state index in [1.165, 1.54) is 5.48 Å². The first-order valence-electron chi connectivity index (χ1n) is 6.82. The third-order valence-corrected chi connectivity index (χ3v) is 5.45. The first-order chi connectivity index (χ1) is 10.00. The van der Waals surface area contributed by atoms with Crippen LogP contribution in [0.1, 0.15) is 36.1 Å². The fourth-order valence-corrected chi connectivity index (χ4v) is 4.27. The summed E-state index contributed by atoms with van der Waals surface area (Å²) in [7, 11) is -4.03. The number of ether oxygens (including phenoxy) is 1. The zero-order valence-corrected chi connectivity index (χ0v) is 14.1. The lowest BCUT2D eigenvalue weighted by atomic mass is 9.94. The smallest absolute Gasteiger partial charge is 0.286 e. The largest absolute Gasteiger partial charge is 0.487 e. The minimum Gasteiger partial charge on any atom is -0.487 e. The van der Waals surface area contributed by atoms with Gasteiger partial charge in [0, 0.05) is 12.0 Å². The Morgan fingerprint density at radius 1 is 1.27 bits per heavy atom. The Labute approximate surface area is 130 Å². The van der Waals surface area contributed by atoms with E-state index in [-0.39, 0.29) is 10.5 Å². The molecule has 122 valence electrons. The van der Waals surface area contributed by atoms with Crippen LogP contribution in [0.3, 0.4) is 0 Å². The summed E-state index contributed by atoms with van der Waals surface area (Å²) >= 11 is 0. The van der Waals surface area contributed by atoms with E-state index in [2.05, 4.69) is 4.40 Å². The molecule has 1 aromatic carbocycles. The molecule has 0 unspecified atom stereocenters. The lowest BCUT2D eigenvalue weighted by molar-refractivity contribution is 0.137. The van der Waals surface area contributed by atoms with Crippen LogP contribution in [0.2, 0.25) is 0 Å². The van der Waals surface area contributed by atoms with Gasteiger partial charge in [-0.25, -0.2) is 5.48 Å². The molecule has 0 atom stereocenters. The van der Waals surface area contributed by atoms with Crippen LogP contribution in [-0.2, 0) is 16.4 Å². The van der Waals surface area contributed by atoms with Crippen LogP contribution < -0.4 is 16.0 Å². The zero-order chi connectivity index (χ0) is 16.9. The molecule has 1 heterocycles. The molecule has 1 aliphatic rings. The fraction of sp³-hybridized carbons (Fsp3) is 0.500. The van der Waals surface area contributed by atoms with Gasteiger partial charge < -0.3 is 10.5 Å². The number of hydrogen-bond donors (Lipinski definition) is 3. The number of hydrogen-bond acceptors (Lipinski definition) is 4. The lowest BCUT2D eigenvalue weighted by Crippen LogP contribution is -2.29. The van der Waals surface area contributed by atoms with Gasteiger partial charge >= 0.3 is 0 Å². The normalized spacial score (nSPS) is 17.1. The number of benzene rings is 1. The SMILES string of the molecule is Cc1c(C)c(S(=O)(=O)N=C(N)NO)c(C)c2c1OC(C)(C)C2. The molecule has 0 bridgehead atoms. The molecule has 0 radical (unpaired) electrons. The van der Waals surface area contributed by atoms with Crippen molar-refractivity contribution in [2.75, 3.05) is 0 Å². The molecule has 0 aliphatic carbocycles. The van der Waals surface area contributed by atoms with Gasteiger partial charge in [-0.2, -0.15) is 8.42 Å². The van der Waals surface area contributed by atoms with Gasteiger partial charge in [-0.15, -0.1) is 4.40 Å². The van der Waals surface area contributed by atoms with Crippen LogP contribution in [0.25, 0.3) is 0 Å². The standard InChI is InChI=1S/C14H21N3O4S/c1-7-8(2)12(22(19,20)17-13(15)16-18)9(3)10-6-14(4,5)21-11(7)10/h18H,6H2,1-5H3,(H3,15,16,17). The third kappa shape index (κ3) is 2.64. The van der Waals surface area contributed by atoms with Crippen molar-refractivity contribution in [3.05, 3.63) is 22.3 Å². The number of sulfonamides is 1. The van der Waals surface area contributed by atoms with E-state index in [0.29, 0.717) is 17.5 Å². The summed E-state index contributed by atoms with van der Waals surface area (Å²) in [6, 6.07) is 0. The first-order valence-corrected chi connectivity index (χ1v) is 8.26. The van der Waals surface area contributed by atoms with Crippen LogP contribution in [0.5, 0.6) is 5.75 Å². The van der Waals surface area contributed by atoms with Gasteiger partial charge in [0.1, 0.15) is 11.4 Å². The molecule has 2 rings (SSSR count). The zero-order valence-electron chi connectivity index (χ0n) is 13.3. The van der Waals surface area contributed by atoms with Gasteiger partial charge in [-0.05, 0) is 51.3 Å². The van der Waals surface area contributed by atoms with Crippen molar-refractivity contribution in [1.29, 1.82) is 0 Å². The first kappa shape index (κ1) is 16.6. The number of nitrogens with two attached hydrogens (primary N) is 1. The number of guanidine groups is 1. The summed E-state index contributed by atoms with van der Waals surface area (Å²) in [6.45, 7) is 9.19. The minimum atomic E-state index is -4.03. The highest BCUT2D eigenvalue weighted by molar-refractivity contribution is 7.90. The maximum atomic E-state index is 12.5. The molecule has 8 heteroatoms. The van der Waals surface area contributed by atoms with E-state index >= 15 is 0 Å². The van der Waals surface area contributed by atoms with Crippen LogP contribution in [0, 0.1) is 20.8 Å². The molecule has 0 saturated carbocycles. The molecular weight excluding hydrogens is 306 g/mol. The average Bonchev–Trinajstić information content (AvgIpc) is 2.72. The lowest BCUT2D eigenvalue weighted by Gasteiger charge is -2.18. The van der Waals surface area contributed by atoms with Crippen molar-refractivity contribution >= 4 is 16.0 Å². The number of nitrogens with zero attached hydrogens (tertiary/aromatic N) is 1. The van der Waals surface area contributed by atoms with E-state index in [9.17, 15) is 8.42 Å². The van der Waals surface area contributed by atoms with Crippen molar-refractivity contribution in [2.45, 2.75) is 51.5 Å². The molecule has 7 nitrogen and oxygen atoms in total. The van der Waals surface area contributed by atoms with Gasteiger partial charge in [0.25, 0.3) is 10.0 Å². The molecule has 1 aliphatic heterocycles. The summed E-state index contributed by atoms with van der Waals surface area (Å²) < 4.78 is 34.3. The summed E-state index contributed by atoms with van der Waals surface area (Å²) in [6.07, 6.45) is 0.620. The highest BCUT2D eigenvalue weighted by Gasteiger charge is 2.36. The molecular formula is C14H21N3O4S. The summed E-state index contributed by atoms with van der Waals surface area (Å²) in [5.74, 6) is 0.171. The second-order valence-corrected chi connectivity index (χ2v) is 7.65. The number of fused-ring (bicyclic) bond motifs is 1. The van der Waals surface area contributed by atoms with Crippen molar-refractivity contribution in [2.24, 2.45) is 10.1 Å². The van der Waals surface area contributed by atoms with Gasteiger partial charge in [0.2, 0.25) is 5.96 Å². The van der Waals surface area contributed by atoms with Gasteiger partial charge in [-0.1, -0.05) is 0 Å². The quantitative estimate of drug-likeness (QED) is 0.429. The van der Waals surface area contributed by atoms with Crippen LogP contribution >= 0.6 is 0 Å². The summed E-state index contributed by atoms with van der Waals surface area (Å²) in [5, 5.41) is 8.67. The Hall–Kier alpha value is -1.80. The van der Waals surface area contributed by atoms with Crippen molar-refractivity contribution in [3.63, 3.8) is 0 Å². The highest BCUT2D eigenvalue weighted by atomic mass is 32.2. The Balaban J connectivity index is 2.74. The predicted octanol–water partition coefficient (Wildman–Crippen LogP) is 1.31. The molecule has 22 heavy (non-hydrogen) atoms. The van der Waals surface area contributed by atoms with Crippen molar-refractivity contribution in [3.8, 4) is 5.75 Å². The van der Waals surface area contributed by atoms with Gasteiger partial charge in [0.15, 0.2) is 0 Å². The highest BCUT2D eigenvalue weighted by Crippen LogP contribution is 2.44. The van der Waals surface area contributed by atoms with E-state index < -0.39 is 16.0 Å². The second-order valence-electron chi connectivity index (χ2n) is 6.11. The minimum absolute atomic E-state index is 0.114. The number of rotatable bonds is 2. The van der Waals surface area contributed by atoms with E-state index in [0.717, 1.165) is 16.9 Å². The second kappa shape index (κ2) is 5.13. The Morgan fingerprint density at radius 3 is 2.41 bits per heavy atom. The van der Waals surface area contributed by atoms with Crippen LogP contribution in [-0.4, -0.2) is 25.2 Å². The van der Waals surface area contributed by atoms with Crippen molar-refractivity contribution < 1.29 is 18.4 Å². The Kier molecular flexibility index (Phi) is 3.87. The molecule has 0 fully saturated rings. The molecule has 0 amide bonds. The topological polar surface area (TPSA) is 114 Å². The number of hydroxylamine groups is 1. The van der Waals surface area contributed by atoms with Crippen LogP contribution in [0.4, 0.5) is 0 Å². The molecule has 4 N–H and O–H groups in total. The predicted molar refractivity (Wildman–Crippen MR) is 82.8 cm³/mol. The Morgan fingerprint density at radius 2 is 1.86 bits per heavy atom. The molecule has 1 aromatic rings. The molecule has 0 saturated heterocycles. The third-order valence-electron chi connectivity index (χ3n) is 3.88. The summed E-state index contributed by atoms with van der Waals surface area (Å²) in [5.41, 5.74) is 9.26. The van der Waals surface area contributed by atoms with Gasteiger partial charge in [-0.3, -0.25) is 5.21 Å².